The summed E-state index contributed by atoms with van der Waals surface area (Å²) in [6.07, 6.45) is 2.54. The lowest BCUT2D eigenvalue weighted by Gasteiger charge is -2.33. The molecule has 6 nitrogen and oxygen atoms in total. The Bertz CT molecular complexity index is 458. The molecule has 0 radical (unpaired) electrons. The maximum Gasteiger partial charge on any atom is 0.224 e. The van der Waals surface area contributed by atoms with Crippen molar-refractivity contribution >= 4 is 5.91 Å². The number of ether oxygens (including phenoxy) is 1. The molecule has 1 amide bonds. The van der Waals surface area contributed by atoms with Crippen LogP contribution in [0.4, 0.5) is 0 Å². The average molecular weight is 280 g/mol. The zero-order chi connectivity index (χ0) is 14.5. The summed E-state index contributed by atoms with van der Waals surface area (Å²) in [5, 5.41) is 4.45. The van der Waals surface area contributed by atoms with Crippen LogP contribution in [-0.2, 0) is 9.53 Å². The van der Waals surface area contributed by atoms with Crippen LogP contribution in [0.1, 0.15) is 43.9 Å². The molecule has 1 aliphatic heterocycles. The van der Waals surface area contributed by atoms with Crippen molar-refractivity contribution in [2.24, 2.45) is 0 Å². The zero-order valence-electron chi connectivity index (χ0n) is 12.6. The van der Waals surface area contributed by atoms with Gasteiger partial charge < -0.3 is 9.64 Å². The summed E-state index contributed by atoms with van der Waals surface area (Å²) in [4.78, 5) is 18.4. The van der Waals surface area contributed by atoms with Crippen molar-refractivity contribution in [2.45, 2.75) is 46.1 Å². The largest absolute Gasteiger partial charge is 0.381 e. The number of likely N-dealkylation sites (tertiary alicyclic amines) is 1. The van der Waals surface area contributed by atoms with Crippen LogP contribution in [0.5, 0.6) is 0 Å². The molecule has 0 unspecified atom stereocenters. The highest BCUT2D eigenvalue weighted by Crippen LogP contribution is 2.22. The maximum absolute atomic E-state index is 12.1. The van der Waals surface area contributed by atoms with Crippen LogP contribution in [0.3, 0.4) is 0 Å². The second-order valence-corrected chi connectivity index (χ2v) is 5.23. The fourth-order valence-corrected chi connectivity index (χ4v) is 2.72. The Hall–Kier alpha value is -1.43. The normalized spacial score (nSPS) is 19.4. The number of amides is 1. The summed E-state index contributed by atoms with van der Waals surface area (Å²) in [7, 11) is 0. The van der Waals surface area contributed by atoms with E-state index in [0.29, 0.717) is 19.6 Å². The molecular formula is C14H24N4O2. The van der Waals surface area contributed by atoms with E-state index < -0.39 is 0 Å². The fraction of sp³-hybridized carbons (Fsp3) is 0.786. The van der Waals surface area contributed by atoms with Crippen molar-refractivity contribution in [3.63, 3.8) is 0 Å². The summed E-state index contributed by atoms with van der Waals surface area (Å²) in [5.74, 6) is 1.90. The predicted molar refractivity (Wildman–Crippen MR) is 75.5 cm³/mol. The second kappa shape index (κ2) is 6.83. The Morgan fingerprint density at radius 1 is 1.45 bits per heavy atom. The Kier molecular flexibility index (Phi) is 5.11. The number of nitrogens with zero attached hydrogens (tertiary/aromatic N) is 4. The Morgan fingerprint density at radius 2 is 2.25 bits per heavy atom. The SMILES string of the molecule is CCOCCC(=O)N1CCC[C@H](n2nc(C)nc2C)C1. The van der Waals surface area contributed by atoms with Gasteiger partial charge in [-0.15, -0.1) is 0 Å². The van der Waals surface area contributed by atoms with Gasteiger partial charge in [-0.25, -0.2) is 9.67 Å². The van der Waals surface area contributed by atoms with Crippen LogP contribution in [0.15, 0.2) is 0 Å². The molecule has 0 spiro atoms. The molecule has 2 rings (SSSR count). The van der Waals surface area contributed by atoms with Gasteiger partial charge in [0.15, 0.2) is 0 Å². The lowest BCUT2D eigenvalue weighted by atomic mass is 10.1. The van der Waals surface area contributed by atoms with Crippen LogP contribution in [0, 0.1) is 13.8 Å². The molecule has 0 aromatic carbocycles. The van der Waals surface area contributed by atoms with E-state index in [1.165, 1.54) is 0 Å². The van der Waals surface area contributed by atoms with Crippen molar-refractivity contribution in [1.29, 1.82) is 0 Å². The molecule has 1 aromatic rings. The van der Waals surface area contributed by atoms with E-state index in [0.717, 1.165) is 37.6 Å². The summed E-state index contributed by atoms with van der Waals surface area (Å²) in [6.45, 7) is 8.55. The number of aromatic nitrogens is 3. The molecule has 2 heterocycles. The topological polar surface area (TPSA) is 60.2 Å². The number of hydrogen-bond donors (Lipinski definition) is 0. The van der Waals surface area contributed by atoms with Gasteiger partial charge in [0, 0.05) is 19.7 Å². The van der Waals surface area contributed by atoms with Crippen LogP contribution in [0.2, 0.25) is 0 Å². The standard InChI is InChI=1S/C14H24N4O2/c1-4-20-9-7-14(19)17-8-5-6-13(10-17)18-12(3)15-11(2)16-18/h13H,4-10H2,1-3H3/t13-/m0/s1. The van der Waals surface area contributed by atoms with Crippen molar-refractivity contribution < 1.29 is 9.53 Å². The zero-order valence-corrected chi connectivity index (χ0v) is 12.6. The summed E-state index contributed by atoms with van der Waals surface area (Å²) in [6, 6.07) is 0.251. The van der Waals surface area contributed by atoms with Gasteiger partial charge in [0.25, 0.3) is 0 Å². The second-order valence-electron chi connectivity index (χ2n) is 5.23. The molecule has 1 aliphatic rings. The van der Waals surface area contributed by atoms with E-state index in [9.17, 15) is 4.79 Å². The number of carbonyl (C=O) groups is 1. The molecule has 0 N–H and O–H groups in total. The fourth-order valence-electron chi connectivity index (χ4n) is 2.72. The minimum absolute atomic E-state index is 0.178. The van der Waals surface area contributed by atoms with E-state index in [-0.39, 0.29) is 11.9 Å². The minimum atomic E-state index is 0.178. The molecule has 0 saturated carbocycles. The highest BCUT2D eigenvalue weighted by molar-refractivity contribution is 5.76. The van der Waals surface area contributed by atoms with Gasteiger partial charge in [-0.1, -0.05) is 0 Å². The predicted octanol–water partition coefficient (Wildman–Crippen LogP) is 1.49. The molecule has 0 aliphatic carbocycles. The third kappa shape index (κ3) is 3.56. The van der Waals surface area contributed by atoms with E-state index in [1.54, 1.807) is 0 Å². The van der Waals surface area contributed by atoms with E-state index in [1.807, 2.05) is 30.4 Å². The third-order valence-corrected chi connectivity index (χ3v) is 3.67. The summed E-state index contributed by atoms with van der Waals surface area (Å²) < 4.78 is 7.22. The maximum atomic E-state index is 12.1. The van der Waals surface area contributed by atoms with E-state index >= 15 is 0 Å². The summed E-state index contributed by atoms with van der Waals surface area (Å²) >= 11 is 0. The van der Waals surface area contributed by atoms with Gasteiger partial charge in [-0.05, 0) is 33.6 Å². The van der Waals surface area contributed by atoms with Crippen molar-refractivity contribution in [2.75, 3.05) is 26.3 Å². The molecule has 0 bridgehead atoms. The first-order chi connectivity index (χ1) is 9.61. The summed E-state index contributed by atoms with van der Waals surface area (Å²) in [5.41, 5.74) is 0. The molecule has 1 fully saturated rings. The first-order valence-corrected chi connectivity index (χ1v) is 7.37. The van der Waals surface area contributed by atoms with Crippen molar-refractivity contribution in [3.05, 3.63) is 11.6 Å². The monoisotopic (exact) mass is 280 g/mol. The molecule has 6 heteroatoms. The van der Waals surface area contributed by atoms with Crippen LogP contribution < -0.4 is 0 Å². The van der Waals surface area contributed by atoms with Gasteiger partial charge in [0.2, 0.25) is 5.91 Å². The molecule has 1 atom stereocenters. The number of rotatable bonds is 5. The molecular weight excluding hydrogens is 256 g/mol. The number of carbonyl (C=O) groups excluding carboxylic acids is 1. The average Bonchev–Trinajstić information content (AvgIpc) is 2.78. The van der Waals surface area contributed by atoms with Crippen LogP contribution >= 0.6 is 0 Å². The minimum Gasteiger partial charge on any atom is -0.381 e. The molecule has 1 saturated heterocycles. The van der Waals surface area contributed by atoms with E-state index in [2.05, 4.69) is 10.1 Å². The molecule has 1 aromatic heterocycles. The van der Waals surface area contributed by atoms with Gasteiger partial charge in [0.05, 0.1) is 19.1 Å². The van der Waals surface area contributed by atoms with Crippen molar-refractivity contribution in [1.82, 2.24) is 19.7 Å². The molecule has 112 valence electrons. The first-order valence-electron chi connectivity index (χ1n) is 7.37. The van der Waals surface area contributed by atoms with Gasteiger partial charge in [-0.2, -0.15) is 5.10 Å². The van der Waals surface area contributed by atoms with Crippen molar-refractivity contribution in [3.8, 4) is 0 Å². The smallest absolute Gasteiger partial charge is 0.224 e. The lowest BCUT2D eigenvalue weighted by Crippen LogP contribution is -2.41. The van der Waals surface area contributed by atoms with Crippen LogP contribution in [0.25, 0.3) is 0 Å². The highest BCUT2D eigenvalue weighted by atomic mass is 16.5. The Labute approximate surface area is 120 Å². The van der Waals surface area contributed by atoms with Gasteiger partial charge >= 0.3 is 0 Å². The van der Waals surface area contributed by atoms with Gasteiger partial charge in [0.1, 0.15) is 11.6 Å². The molecule has 20 heavy (non-hydrogen) atoms. The number of aryl methyl sites for hydroxylation is 2. The number of piperidine rings is 1. The Balaban J connectivity index is 1.94. The lowest BCUT2D eigenvalue weighted by molar-refractivity contribution is -0.134. The Morgan fingerprint density at radius 3 is 2.90 bits per heavy atom. The van der Waals surface area contributed by atoms with Gasteiger partial charge in [-0.3, -0.25) is 4.79 Å². The number of hydrogen-bond acceptors (Lipinski definition) is 4. The third-order valence-electron chi connectivity index (χ3n) is 3.67. The van der Waals surface area contributed by atoms with Crippen LogP contribution in [-0.4, -0.2) is 51.9 Å². The first kappa shape index (κ1) is 15.0. The highest BCUT2D eigenvalue weighted by Gasteiger charge is 2.26. The van der Waals surface area contributed by atoms with E-state index in [4.69, 9.17) is 4.74 Å². The quantitative estimate of drug-likeness (QED) is 0.767.